The lowest BCUT2D eigenvalue weighted by Gasteiger charge is -2.03. The zero-order valence-electron chi connectivity index (χ0n) is 5.21. The second-order valence-corrected chi connectivity index (χ2v) is 2.68. The minimum absolute atomic E-state index is 0.206. The maximum absolute atomic E-state index is 9.18. The summed E-state index contributed by atoms with van der Waals surface area (Å²) in [5.74, 6) is 0. The van der Waals surface area contributed by atoms with E-state index in [4.69, 9.17) is 5.73 Å². The van der Waals surface area contributed by atoms with E-state index in [9.17, 15) is 5.11 Å². The number of aliphatic hydroxyl groups is 1. The van der Waals surface area contributed by atoms with Crippen LogP contribution >= 0.6 is 15.9 Å². The molecule has 0 spiro atoms. The van der Waals surface area contributed by atoms with Gasteiger partial charge in [0.2, 0.25) is 0 Å². The summed E-state index contributed by atoms with van der Waals surface area (Å²) in [4.78, 5) is 0. The standard InChI is InChI=1S/C5H8BrN3O/c6-5-3(2-8-9-5)4(10)1-7/h2,4,10H,1,7H2,(H,8,9). The molecule has 1 atom stereocenters. The van der Waals surface area contributed by atoms with Crippen molar-refractivity contribution >= 4 is 15.9 Å². The van der Waals surface area contributed by atoms with Crippen molar-refractivity contribution in [2.24, 2.45) is 5.73 Å². The van der Waals surface area contributed by atoms with Gasteiger partial charge in [0.15, 0.2) is 0 Å². The number of nitrogens with one attached hydrogen (secondary N) is 1. The van der Waals surface area contributed by atoms with Gasteiger partial charge in [-0.3, -0.25) is 5.10 Å². The van der Waals surface area contributed by atoms with Gasteiger partial charge in [-0.25, -0.2) is 0 Å². The molecule has 1 aromatic rings. The van der Waals surface area contributed by atoms with Crippen molar-refractivity contribution in [3.8, 4) is 0 Å². The first-order chi connectivity index (χ1) is 4.75. The van der Waals surface area contributed by atoms with E-state index in [1.807, 2.05) is 0 Å². The molecule has 0 saturated heterocycles. The lowest BCUT2D eigenvalue weighted by Crippen LogP contribution is -2.11. The molecule has 0 aromatic carbocycles. The third kappa shape index (κ3) is 1.36. The van der Waals surface area contributed by atoms with E-state index in [-0.39, 0.29) is 6.54 Å². The second kappa shape index (κ2) is 3.14. The van der Waals surface area contributed by atoms with E-state index in [1.165, 1.54) is 0 Å². The minimum atomic E-state index is -0.631. The topological polar surface area (TPSA) is 74.9 Å². The summed E-state index contributed by atoms with van der Waals surface area (Å²) < 4.78 is 0.686. The van der Waals surface area contributed by atoms with Crippen molar-refractivity contribution < 1.29 is 5.11 Å². The molecule has 56 valence electrons. The number of aliphatic hydroxyl groups excluding tert-OH is 1. The highest BCUT2D eigenvalue weighted by Crippen LogP contribution is 2.18. The Kier molecular flexibility index (Phi) is 2.42. The van der Waals surface area contributed by atoms with Crippen LogP contribution in [0.1, 0.15) is 11.7 Å². The number of aromatic amines is 1. The lowest BCUT2D eigenvalue weighted by molar-refractivity contribution is 0.186. The first-order valence-corrected chi connectivity index (χ1v) is 3.62. The molecule has 0 fully saturated rings. The van der Waals surface area contributed by atoms with Crippen LogP contribution in [-0.2, 0) is 0 Å². The van der Waals surface area contributed by atoms with Crippen LogP contribution in [0.3, 0.4) is 0 Å². The number of hydrogen-bond donors (Lipinski definition) is 3. The fourth-order valence-electron chi connectivity index (χ4n) is 0.639. The van der Waals surface area contributed by atoms with Gasteiger partial charge in [-0.1, -0.05) is 0 Å². The Morgan fingerprint density at radius 3 is 3.00 bits per heavy atom. The third-order valence-corrected chi connectivity index (χ3v) is 1.84. The second-order valence-electron chi connectivity index (χ2n) is 1.89. The van der Waals surface area contributed by atoms with Gasteiger partial charge in [-0.05, 0) is 15.9 Å². The first-order valence-electron chi connectivity index (χ1n) is 2.82. The SMILES string of the molecule is NCC(O)c1cn[nH]c1Br. The van der Waals surface area contributed by atoms with Crippen LogP contribution in [0.25, 0.3) is 0 Å². The number of nitrogens with two attached hydrogens (primary N) is 1. The van der Waals surface area contributed by atoms with E-state index >= 15 is 0 Å². The molecule has 4 nitrogen and oxygen atoms in total. The van der Waals surface area contributed by atoms with Gasteiger partial charge >= 0.3 is 0 Å². The van der Waals surface area contributed by atoms with Crippen LogP contribution in [0.15, 0.2) is 10.8 Å². The Bertz CT molecular complexity index is 212. The smallest absolute Gasteiger partial charge is 0.106 e. The number of hydrogen-bond acceptors (Lipinski definition) is 3. The number of halogens is 1. The van der Waals surface area contributed by atoms with E-state index < -0.39 is 6.10 Å². The summed E-state index contributed by atoms with van der Waals surface area (Å²) in [6.45, 7) is 0.206. The molecule has 0 aliphatic carbocycles. The van der Waals surface area contributed by atoms with Crippen LogP contribution in [-0.4, -0.2) is 21.8 Å². The van der Waals surface area contributed by atoms with Crippen molar-refractivity contribution in [1.29, 1.82) is 0 Å². The summed E-state index contributed by atoms with van der Waals surface area (Å²) in [6, 6.07) is 0. The number of rotatable bonds is 2. The summed E-state index contributed by atoms with van der Waals surface area (Å²) >= 11 is 3.17. The number of H-pyrrole nitrogens is 1. The molecule has 0 radical (unpaired) electrons. The monoisotopic (exact) mass is 205 g/mol. The molecular weight excluding hydrogens is 198 g/mol. The molecule has 0 amide bonds. The van der Waals surface area contributed by atoms with Gasteiger partial charge in [0.05, 0.1) is 12.3 Å². The van der Waals surface area contributed by atoms with Gasteiger partial charge in [-0.2, -0.15) is 5.10 Å². The molecule has 0 aliphatic heterocycles. The highest BCUT2D eigenvalue weighted by molar-refractivity contribution is 9.10. The van der Waals surface area contributed by atoms with Crippen LogP contribution in [0.2, 0.25) is 0 Å². The fraction of sp³-hybridized carbons (Fsp3) is 0.400. The Morgan fingerprint density at radius 2 is 2.60 bits per heavy atom. The lowest BCUT2D eigenvalue weighted by atomic mass is 10.2. The van der Waals surface area contributed by atoms with Gasteiger partial charge in [0.25, 0.3) is 0 Å². The zero-order valence-corrected chi connectivity index (χ0v) is 6.80. The van der Waals surface area contributed by atoms with Gasteiger partial charge < -0.3 is 10.8 Å². The maximum Gasteiger partial charge on any atom is 0.106 e. The van der Waals surface area contributed by atoms with E-state index in [1.54, 1.807) is 6.20 Å². The Hall–Kier alpha value is -0.390. The van der Waals surface area contributed by atoms with Gasteiger partial charge in [-0.15, -0.1) is 0 Å². The van der Waals surface area contributed by atoms with E-state index in [2.05, 4.69) is 26.1 Å². The molecule has 1 rings (SSSR count). The average molecular weight is 206 g/mol. The Balaban J connectivity index is 2.82. The maximum atomic E-state index is 9.18. The molecule has 1 unspecified atom stereocenters. The van der Waals surface area contributed by atoms with Crippen LogP contribution in [0.4, 0.5) is 0 Å². The minimum Gasteiger partial charge on any atom is -0.387 e. The van der Waals surface area contributed by atoms with E-state index in [0.717, 1.165) is 0 Å². The Labute approximate surface area is 66.6 Å². The van der Waals surface area contributed by atoms with Crippen molar-refractivity contribution in [1.82, 2.24) is 10.2 Å². The van der Waals surface area contributed by atoms with Crippen molar-refractivity contribution in [2.75, 3.05) is 6.54 Å². The van der Waals surface area contributed by atoms with E-state index in [0.29, 0.717) is 10.2 Å². The van der Waals surface area contributed by atoms with Crippen LogP contribution < -0.4 is 5.73 Å². The summed E-state index contributed by atoms with van der Waals surface area (Å²) in [5, 5.41) is 15.5. The molecule has 1 aromatic heterocycles. The average Bonchev–Trinajstić information content (AvgIpc) is 2.34. The molecule has 0 bridgehead atoms. The molecule has 0 saturated carbocycles. The third-order valence-electron chi connectivity index (χ3n) is 1.20. The highest BCUT2D eigenvalue weighted by atomic mass is 79.9. The van der Waals surface area contributed by atoms with Gasteiger partial charge in [0.1, 0.15) is 4.60 Å². The van der Waals surface area contributed by atoms with Crippen LogP contribution in [0, 0.1) is 0 Å². The summed E-state index contributed by atoms with van der Waals surface area (Å²) in [5.41, 5.74) is 5.92. The molecule has 1 heterocycles. The largest absolute Gasteiger partial charge is 0.387 e. The zero-order chi connectivity index (χ0) is 7.56. The molecule has 0 aliphatic rings. The number of nitrogens with zero attached hydrogens (tertiary/aromatic N) is 1. The molecule has 10 heavy (non-hydrogen) atoms. The molecule has 5 heteroatoms. The predicted molar refractivity (Wildman–Crippen MR) is 40.3 cm³/mol. The van der Waals surface area contributed by atoms with Gasteiger partial charge in [0, 0.05) is 12.1 Å². The van der Waals surface area contributed by atoms with Crippen molar-refractivity contribution in [2.45, 2.75) is 6.10 Å². The van der Waals surface area contributed by atoms with Crippen LogP contribution in [0.5, 0.6) is 0 Å². The molecule has 4 N–H and O–H groups in total. The predicted octanol–water partition coefficient (Wildman–Crippen LogP) is 0.164. The quantitative estimate of drug-likeness (QED) is 0.645. The normalized spacial score (nSPS) is 13.5. The molecular formula is C5H8BrN3O. The first kappa shape index (κ1) is 7.71. The van der Waals surface area contributed by atoms with Crippen molar-refractivity contribution in [3.05, 3.63) is 16.4 Å². The van der Waals surface area contributed by atoms with Crippen molar-refractivity contribution in [3.63, 3.8) is 0 Å². The fourth-order valence-corrected chi connectivity index (χ4v) is 1.11. The number of aromatic nitrogens is 2. The Morgan fingerprint density at radius 1 is 1.90 bits per heavy atom. The highest BCUT2D eigenvalue weighted by Gasteiger charge is 2.09. The summed E-state index contributed by atoms with van der Waals surface area (Å²) in [7, 11) is 0. The summed E-state index contributed by atoms with van der Waals surface area (Å²) in [6.07, 6.45) is 0.912.